The zero-order valence-electron chi connectivity index (χ0n) is 9.07. The van der Waals surface area contributed by atoms with Gasteiger partial charge in [-0.25, -0.2) is 9.78 Å². The number of methoxy groups -OCH3 is 1. The first kappa shape index (κ1) is 11.3. The molecule has 15 heavy (non-hydrogen) atoms. The average molecular weight is 209 g/mol. The van der Waals surface area contributed by atoms with Crippen LogP contribution in [0.25, 0.3) is 0 Å². The van der Waals surface area contributed by atoms with Gasteiger partial charge in [-0.3, -0.25) is 0 Å². The molecule has 1 rings (SSSR count). The second-order valence-corrected chi connectivity index (χ2v) is 3.46. The van der Waals surface area contributed by atoms with Crippen LogP contribution >= 0.6 is 0 Å². The lowest BCUT2D eigenvalue weighted by molar-refractivity contribution is 0.0601. The SMILES string of the molecule is COC(=O)c1cc(N)cnc1NC(C)C. The molecule has 0 unspecified atom stereocenters. The van der Waals surface area contributed by atoms with Crippen LogP contribution < -0.4 is 11.1 Å². The monoisotopic (exact) mass is 209 g/mol. The van der Waals surface area contributed by atoms with Crippen LogP contribution in [0.15, 0.2) is 12.3 Å². The summed E-state index contributed by atoms with van der Waals surface area (Å²) in [6.45, 7) is 3.91. The Morgan fingerprint density at radius 2 is 2.27 bits per heavy atom. The van der Waals surface area contributed by atoms with E-state index in [2.05, 4.69) is 15.0 Å². The number of hydrogen-bond donors (Lipinski definition) is 2. The molecule has 0 aliphatic carbocycles. The highest BCUT2D eigenvalue weighted by molar-refractivity contribution is 5.95. The molecule has 0 saturated heterocycles. The van der Waals surface area contributed by atoms with E-state index in [1.165, 1.54) is 13.3 Å². The van der Waals surface area contributed by atoms with Crippen LogP contribution in [0.3, 0.4) is 0 Å². The molecule has 1 aromatic heterocycles. The quantitative estimate of drug-likeness (QED) is 0.733. The molecule has 5 nitrogen and oxygen atoms in total. The number of nitrogens with one attached hydrogen (secondary N) is 1. The molecular weight excluding hydrogens is 194 g/mol. The standard InChI is InChI=1S/C10H15N3O2/c1-6(2)13-9-8(10(14)15-3)4-7(11)5-12-9/h4-6H,11H2,1-3H3,(H,12,13). The van der Waals surface area contributed by atoms with Crippen molar-refractivity contribution in [2.45, 2.75) is 19.9 Å². The lowest BCUT2D eigenvalue weighted by Gasteiger charge is -2.12. The highest BCUT2D eigenvalue weighted by Gasteiger charge is 2.14. The maximum absolute atomic E-state index is 11.4. The van der Waals surface area contributed by atoms with Crippen molar-refractivity contribution in [2.24, 2.45) is 0 Å². The van der Waals surface area contributed by atoms with Gasteiger partial charge in [0.2, 0.25) is 0 Å². The van der Waals surface area contributed by atoms with Crippen LogP contribution in [0, 0.1) is 0 Å². The van der Waals surface area contributed by atoms with Gasteiger partial charge < -0.3 is 15.8 Å². The Balaban J connectivity index is 3.08. The Morgan fingerprint density at radius 3 is 2.80 bits per heavy atom. The number of carbonyl (C=O) groups is 1. The van der Waals surface area contributed by atoms with E-state index in [-0.39, 0.29) is 6.04 Å². The summed E-state index contributed by atoms with van der Waals surface area (Å²) in [5.41, 5.74) is 6.34. The summed E-state index contributed by atoms with van der Waals surface area (Å²) in [6.07, 6.45) is 1.50. The van der Waals surface area contributed by atoms with Crippen LogP contribution in [-0.2, 0) is 4.74 Å². The second-order valence-electron chi connectivity index (χ2n) is 3.46. The fourth-order valence-corrected chi connectivity index (χ4v) is 1.13. The fourth-order valence-electron chi connectivity index (χ4n) is 1.13. The maximum atomic E-state index is 11.4. The van der Waals surface area contributed by atoms with Crippen molar-refractivity contribution in [2.75, 3.05) is 18.2 Å². The zero-order chi connectivity index (χ0) is 11.4. The van der Waals surface area contributed by atoms with Crippen molar-refractivity contribution in [1.29, 1.82) is 0 Å². The van der Waals surface area contributed by atoms with Crippen molar-refractivity contribution in [3.63, 3.8) is 0 Å². The molecule has 1 aromatic rings. The first-order valence-electron chi connectivity index (χ1n) is 4.65. The summed E-state index contributed by atoms with van der Waals surface area (Å²) in [6, 6.07) is 1.73. The van der Waals surface area contributed by atoms with Crippen LogP contribution in [0.4, 0.5) is 11.5 Å². The number of nitrogens with zero attached hydrogens (tertiary/aromatic N) is 1. The molecule has 0 aliphatic rings. The van der Waals surface area contributed by atoms with E-state index in [0.29, 0.717) is 17.1 Å². The lowest BCUT2D eigenvalue weighted by Crippen LogP contribution is -2.16. The third-order valence-electron chi connectivity index (χ3n) is 1.74. The number of nitrogens with two attached hydrogens (primary N) is 1. The molecule has 0 bridgehead atoms. The van der Waals surface area contributed by atoms with Gasteiger partial charge in [-0.2, -0.15) is 0 Å². The number of nitrogen functional groups attached to an aromatic ring is 1. The first-order valence-corrected chi connectivity index (χ1v) is 4.65. The van der Waals surface area contributed by atoms with E-state index >= 15 is 0 Å². The molecule has 0 aromatic carbocycles. The third kappa shape index (κ3) is 2.83. The number of ether oxygens (including phenoxy) is 1. The molecule has 0 spiro atoms. The fraction of sp³-hybridized carbons (Fsp3) is 0.400. The van der Waals surface area contributed by atoms with Crippen molar-refractivity contribution in [1.82, 2.24) is 4.98 Å². The summed E-state index contributed by atoms with van der Waals surface area (Å²) < 4.78 is 4.64. The highest BCUT2D eigenvalue weighted by atomic mass is 16.5. The minimum absolute atomic E-state index is 0.185. The molecule has 1 heterocycles. The number of pyridine rings is 1. The topological polar surface area (TPSA) is 77.2 Å². The average Bonchev–Trinajstić information content (AvgIpc) is 2.19. The van der Waals surface area contributed by atoms with Crippen molar-refractivity contribution in [3.05, 3.63) is 17.8 Å². The van der Waals surface area contributed by atoms with E-state index in [1.807, 2.05) is 13.8 Å². The van der Waals surface area contributed by atoms with E-state index < -0.39 is 5.97 Å². The van der Waals surface area contributed by atoms with Crippen molar-refractivity contribution in [3.8, 4) is 0 Å². The van der Waals surface area contributed by atoms with Crippen molar-refractivity contribution < 1.29 is 9.53 Å². The predicted molar refractivity (Wildman–Crippen MR) is 58.7 cm³/mol. The molecule has 0 radical (unpaired) electrons. The highest BCUT2D eigenvalue weighted by Crippen LogP contribution is 2.17. The Labute approximate surface area is 88.6 Å². The molecule has 82 valence electrons. The summed E-state index contributed by atoms with van der Waals surface area (Å²) in [5, 5.41) is 3.05. The van der Waals surface area contributed by atoms with E-state index in [9.17, 15) is 4.79 Å². The van der Waals surface area contributed by atoms with E-state index in [0.717, 1.165) is 0 Å². The molecule has 0 amide bonds. The van der Waals surface area contributed by atoms with Gasteiger partial charge in [-0.05, 0) is 19.9 Å². The third-order valence-corrected chi connectivity index (χ3v) is 1.74. The largest absolute Gasteiger partial charge is 0.465 e. The van der Waals surface area contributed by atoms with Gasteiger partial charge in [0.25, 0.3) is 0 Å². The normalized spacial score (nSPS) is 10.1. The number of hydrogen-bond acceptors (Lipinski definition) is 5. The van der Waals surface area contributed by atoms with Gasteiger partial charge in [0.15, 0.2) is 0 Å². The van der Waals surface area contributed by atoms with Gasteiger partial charge in [0, 0.05) is 6.04 Å². The summed E-state index contributed by atoms with van der Waals surface area (Å²) >= 11 is 0. The number of esters is 1. The molecule has 0 saturated carbocycles. The van der Waals surface area contributed by atoms with Crippen LogP contribution in [0.1, 0.15) is 24.2 Å². The Bertz CT molecular complexity index is 364. The molecule has 5 heteroatoms. The maximum Gasteiger partial charge on any atom is 0.341 e. The number of carbonyl (C=O) groups excluding carboxylic acids is 1. The van der Waals surface area contributed by atoms with Gasteiger partial charge in [0.1, 0.15) is 11.4 Å². The van der Waals surface area contributed by atoms with E-state index in [4.69, 9.17) is 5.73 Å². The Hall–Kier alpha value is -1.78. The minimum Gasteiger partial charge on any atom is -0.465 e. The number of rotatable bonds is 3. The Morgan fingerprint density at radius 1 is 1.60 bits per heavy atom. The lowest BCUT2D eigenvalue weighted by atomic mass is 10.2. The Kier molecular flexibility index (Phi) is 3.49. The van der Waals surface area contributed by atoms with Crippen LogP contribution in [0.2, 0.25) is 0 Å². The zero-order valence-corrected chi connectivity index (χ0v) is 9.07. The van der Waals surface area contributed by atoms with Crippen LogP contribution in [0.5, 0.6) is 0 Å². The van der Waals surface area contributed by atoms with E-state index in [1.54, 1.807) is 6.07 Å². The predicted octanol–water partition coefficient (Wildman–Crippen LogP) is 1.27. The first-order chi connectivity index (χ1) is 7.04. The van der Waals surface area contributed by atoms with Crippen LogP contribution in [-0.4, -0.2) is 24.1 Å². The smallest absolute Gasteiger partial charge is 0.341 e. The van der Waals surface area contributed by atoms with Gasteiger partial charge in [-0.15, -0.1) is 0 Å². The number of anilines is 2. The minimum atomic E-state index is -0.446. The second kappa shape index (κ2) is 4.63. The van der Waals surface area contributed by atoms with Gasteiger partial charge >= 0.3 is 5.97 Å². The van der Waals surface area contributed by atoms with Gasteiger partial charge in [-0.1, -0.05) is 0 Å². The molecule has 3 N–H and O–H groups in total. The summed E-state index contributed by atoms with van der Waals surface area (Å²) in [4.78, 5) is 15.5. The van der Waals surface area contributed by atoms with Crippen molar-refractivity contribution >= 4 is 17.5 Å². The molecular formula is C10H15N3O2. The molecule has 0 aliphatic heterocycles. The summed E-state index contributed by atoms with van der Waals surface area (Å²) in [7, 11) is 1.32. The summed E-state index contributed by atoms with van der Waals surface area (Å²) in [5.74, 6) is 0.0454. The molecule has 0 atom stereocenters. The molecule has 0 fully saturated rings. The number of aromatic nitrogens is 1. The van der Waals surface area contributed by atoms with Gasteiger partial charge in [0.05, 0.1) is 19.0 Å².